The van der Waals surface area contributed by atoms with Gasteiger partial charge in [0.05, 0.1) is 0 Å². The van der Waals surface area contributed by atoms with Crippen molar-refractivity contribution in [3.8, 4) is 5.75 Å². The molecule has 2 N–H and O–H groups in total. The molecule has 2 aliphatic heterocycles. The van der Waals surface area contributed by atoms with E-state index >= 15 is 0 Å². The average molecular weight is 244 g/mol. The second kappa shape index (κ2) is 4.65. The van der Waals surface area contributed by atoms with Gasteiger partial charge >= 0.3 is 0 Å². The third kappa shape index (κ3) is 2.10. The van der Waals surface area contributed by atoms with Gasteiger partial charge in [0.25, 0.3) is 0 Å². The van der Waals surface area contributed by atoms with Crippen LogP contribution in [0.25, 0.3) is 5.57 Å². The van der Waals surface area contributed by atoms with Crippen molar-refractivity contribution in [2.24, 2.45) is 0 Å². The molecular formula is C15H20N2O. The van der Waals surface area contributed by atoms with Crippen LogP contribution in [0.1, 0.15) is 25.3 Å². The van der Waals surface area contributed by atoms with E-state index in [2.05, 4.69) is 17.9 Å². The molecule has 3 heteroatoms. The minimum Gasteiger partial charge on any atom is -0.488 e. The van der Waals surface area contributed by atoms with Crippen molar-refractivity contribution in [2.45, 2.75) is 19.8 Å². The normalized spacial score (nSPS) is 19.8. The van der Waals surface area contributed by atoms with Crippen LogP contribution in [-0.4, -0.2) is 31.1 Å². The van der Waals surface area contributed by atoms with Crippen molar-refractivity contribution in [1.82, 2.24) is 4.90 Å². The lowest BCUT2D eigenvalue weighted by Crippen LogP contribution is -2.26. The standard InChI is InChI=1S/C15H20N2O/c1-11-12(9-17-6-2-3-7-17)10-18-15-8-13(16)4-5-14(11)15/h4-5,8H,2-3,6-7,9-10,16H2,1H3. The van der Waals surface area contributed by atoms with Crippen molar-refractivity contribution in [3.05, 3.63) is 29.3 Å². The molecule has 0 spiro atoms. The molecule has 3 rings (SSSR count). The van der Waals surface area contributed by atoms with E-state index in [1.54, 1.807) is 0 Å². The predicted molar refractivity (Wildman–Crippen MR) is 74.6 cm³/mol. The second-order valence-electron chi connectivity index (χ2n) is 5.26. The molecule has 0 radical (unpaired) electrons. The molecule has 1 saturated heterocycles. The highest BCUT2D eigenvalue weighted by molar-refractivity contribution is 5.75. The Bertz CT molecular complexity index is 487. The number of fused-ring (bicyclic) bond motifs is 1. The molecule has 18 heavy (non-hydrogen) atoms. The van der Waals surface area contributed by atoms with Gasteiger partial charge in [0, 0.05) is 23.9 Å². The molecule has 0 atom stereocenters. The van der Waals surface area contributed by atoms with Crippen LogP contribution < -0.4 is 10.5 Å². The van der Waals surface area contributed by atoms with E-state index in [0.717, 1.165) is 18.0 Å². The highest BCUT2D eigenvalue weighted by Gasteiger charge is 2.20. The minimum absolute atomic E-state index is 0.707. The summed E-state index contributed by atoms with van der Waals surface area (Å²) < 4.78 is 5.83. The number of nitrogen functional groups attached to an aromatic ring is 1. The van der Waals surface area contributed by atoms with Crippen molar-refractivity contribution in [2.75, 3.05) is 32.0 Å². The first-order valence-electron chi connectivity index (χ1n) is 6.68. The third-order valence-corrected chi connectivity index (χ3v) is 3.96. The number of hydrogen-bond donors (Lipinski definition) is 1. The quantitative estimate of drug-likeness (QED) is 0.812. The molecule has 0 bridgehead atoms. The number of hydrogen-bond acceptors (Lipinski definition) is 3. The summed E-state index contributed by atoms with van der Waals surface area (Å²) in [6, 6.07) is 5.94. The molecule has 1 aromatic carbocycles. The van der Waals surface area contributed by atoms with Gasteiger partial charge in [0.2, 0.25) is 0 Å². The fourth-order valence-corrected chi connectivity index (χ4v) is 2.81. The lowest BCUT2D eigenvalue weighted by Gasteiger charge is -2.25. The zero-order valence-corrected chi connectivity index (χ0v) is 10.9. The van der Waals surface area contributed by atoms with Crippen LogP contribution in [-0.2, 0) is 0 Å². The maximum absolute atomic E-state index is 5.83. The average Bonchev–Trinajstić information content (AvgIpc) is 2.85. The van der Waals surface area contributed by atoms with Crippen molar-refractivity contribution >= 4 is 11.3 Å². The molecule has 0 amide bonds. The van der Waals surface area contributed by atoms with Crippen LogP contribution in [0.2, 0.25) is 0 Å². The van der Waals surface area contributed by atoms with E-state index in [4.69, 9.17) is 10.5 Å². The fourth-order valence-electron chi connectivity index (χ4n) is 2.81. The monoisotopic (exact) mass is 244 g/mol. The van der Waals surface area contributed by atoms with Crippen LogP contribution in [0.15, 0.2) is 23.8 Å². The molecule has 2 heterocycles. The highest BCUT2D eigenvalue weighted by atomic mass is 16.5. The fraction of sp³-hybridized carbons (Fsp3) is 0.467. The molecule has 0 saturated carbocycles. The number of nitrogens with two attached hydrogens (primary N) is 1. The first kappa shape index (κ1) is 11.6. The van der Waals surface area contributed by atoms with E-state index in [0.29, 0.717) is 6.61 Å². The van der Waals surface area contributed by atoms with Crippen LogP contribution in [0.4, 0.5) is 5.69 Å². The Balaban J connectivity index is 1.86. The predicted octanol–water partition coefficient (Wildman–Crippen LogP) is 2.53. The molecule has 2 aliphatic rings. The molecule has 0 aromatic heterocycles. The van der Waals surface area contributed by atoms with Gasteiger partial charge in [-0.25, -0.2) is 0 Å². The van der Waals surface area contributed by atoms with E-state index < -0.39 is 0 Å². The number of nitrogens with zero attached hydrogens (tertiary/aromatic N) is 1. The Hall–Kier alpha value is -1.48. The summed E-state index contributed by atoms with van der Waals surface area (Å²) in [5.74, 6) is 0.928. The van der Waals surface area contributed by atoms with Crippen LogP contribution >= 0.6 is 0 Å². The van der Waals surface area contributed by atoms with Crippen molar-refractivity contribution in [1.29, 1.82) is 0 Å². The third-order valence-electron chi connectivity index (χ3n) is 3.96. The summed E-state index contributed by atoms with van der Waals surface area (Å²) in [5, 5.41) is 0. The van der Waals surface area contributed by atoms with E-state index in [-0.39, 0.29) is 0 Å². The summed E-state index contributed by atoms with van der Waals surface area (Å²) in [6.45, 7) is 6.41. The number of rotatable bonds is 2. The van der Waals surface area contributed by atoms with Gasteiger partial charge < -0.3 is 10.5 Å². The van der Waals surface area contributed by atoms with E-state index in [1.165, 1.54) is 42.6 Å². The Morgan fingerprint density at radius 3 is 2.83 bits per heavy atom. The SMILES string of the molecule is CC1=C(CN2CCCC2)COc2cc(N)ccc21. The van der Waals surface area contributed by atoms with Gasteiger partial charge in [-0.3, -0.25) is 4.90 Å². The van der Waals surface area contributed by atoms with Crippen molar-refractivity contribution in [3.63, 3.8) is 0 Å². The summed E-state index contributed by atoms with van der Waals surface area (Å²) in [5.41, 5.74) is 10.5. The lowest BCUT2D eigenvalue weighted by atomic mass is 9.98. The molecule has 0 unspecified atom stereocenters. The molecule has 1 aromatic rings. The van der Waals surface area contributed by atoms with Gasteiger partial charge in [0.15, 0.2) is 0 Å². The van der Waals surface area contributed by atoms with Crippen LogP contribution in [0.5, 0.6) is 5.75 Å². The number of ether oxygens (including phenoxy) is 1. The summed E-state index contributed by atoms with van der Waals surface area (Å²) in [7, 11) is 0. The Morgan fingerprint density at radius 2 is 2.06 bits per heavy atom. The summed E-state index contributed by atoms with van der Waals surface area (Å²) in [6.07, 6.45) is 2.67. The molecule has 0 aliphatic carbocycles. The topological polar surface area (TPSA) is 38.5 Å². The van der Waals surface area contributed by atoms with E-state index in [1.807, 2.05) is 12.1 Å². The van der Waals surface area contributed by atoms with Crippen LogP contribution in [0.3, 0.4) is 0 Å². The minimum atomic E-state index is 0.707. The molecule has 96 valence electrons. The van der Waals surface area contributed by atoms with Gasteiger partial charge in [-0.1, -0.05) is 0 Å². The van der Waals surface area contributed by atoms with Gasteiger partial charge in [-0.15, -0.1) is 0 Å². The summed E-state index contributed by atoms with van der Waals surface area (Å²) in [4.78, 5) is 2.52. The second-order valence-corrected chi connectivity index (χ2v) is 5.26. The number of anilines is 1. The smallest absolute Gasteiger partial charge is 0.129 e. The molecule has 1 fully saturated rings. The first-order valence-corrected chi connectivity index (χ1v) is 6.68. The zero-order valence-electron chi connectivity index (χ0n) is 10.9. The van der Waals surface area contributed by atoms with Gasteiger partial charge in [-0.05, 0) is 56.1 Å². The van der Waals surface area contributed by atoms with Gasteiger partial charge in [0.1, 0.15) is 12.4 Å². The van der Waals surface area contributed by atoms with Crippen LogP contribution in [0, 0.1) is 0 Å². The molecule has 3 nitrogen and oxygen atoms in total. The Morgan fingerprint density at radius 1 is 1.28 bits per heavy atom. The maximum Gasteiger partial charge on any atom is 0.129 e. The summed E-state index contributed by atoms with van der Waals surface area (Å²) >= 11 is 0. The van der Waals surface area contributed by atoms with Gasteiger partial charge in [-0.2, -0.15) is 0 Å². The highest BCUT2D eigenvalue weighted by Crippen LogP contribution is 2.34. The molecular weight excluding hydrogens is 224 g/mol. The van der Waals surface area contributed by atoms with E-state index in [9.17, 15) is 0 Å². The maximum atomic E-state index is 5.83. The largest absolute Gasteiger partial charge is 0.488 e. The Labute approximate surface area is 108 Å². The zero-order chi connectivity index (χ0) is 12.5. The van der Waals surface area contributed by atoms with Crippen molar-refractivity contribution < 1.29 is 4.74 Å². The first-order chi connectivity index (χ1) is 8.74. The number of likely N-dealkylation sites (tertiary alicyclic amines) is 1. The number of benzene rings is 1. The lowest BCUT2D eigenvalue weighted by molar-refractivity contribution is 0.308. The Kier molecular flexibility index (Phi) is 3.00. The number of allylic oxidation sites excluding steroid dienone is 1.